The van der Waals surface area contributed by atoms with Gasteiger partial charge in [-0.25, -0.2) is 0 Å². The van der Waals surface area contributed by atoms with Crippen molar-refractivity contribution in [3.63, 3.8) is 0 Å². The van der Waals surface area contributed by atoms with Gasteiger partial charge in [0, 0.05) is 0 Å². The first-order valence-electron chi connectivity index (χ1n) is 5.99. The second-order valence-corrected chi connectivity index (χ2v) is 4.55. The summed E-state index contributed by atoms with van der Waals surface area (Å²) < 4.78 is 0. The van der Waals surface area contributed by atoms with E-state index in [-0.39, 0.29) is 0 Å². The quantitative estimate of drug-likeness (QED) is 0.313. The summed E-state index contributed by atoms with van der Waals surface area (Å²) in [5.74, 6) is 0. The molecule has 15 heavy (non-hydrogen) atoms. The standard InChI is InChI=1S/C14H25P/c1-3-5-6-7-8-9-10-11-12-13-14(15)4-2/h3,5,8-9,12-14H,4,6-7,10-11,15H2,1-2H3/b5-3-,9-8-,13-12-. The summed E-state index contributed by atoms with van der Waals surface area (Å²) in [4.78, 5) is 0. The number of hydrogen-bond donors (Lipinski definition) is 0. The van der Waals surface area contributed by atoms with Crippen molar-refractivity contribution >= 4 is 9.24 Å². The second-order valence-electron chi connectivity index (χ2n) is 3.70. The van der Waals surface area contributed by atoms with Crippen LogP contribution in [0.3, 0.4) is 0 Å². The van der Waals surface area contributed by atoms with Gasteiger partial charge in [0.15, 0.2) is 0 Å². The lowest BCUT2D eigenvalue weighted by Gasteiger charge is -1.98. The van der Waals surface area contributed by atoms with Crippen molar-refractivity contribution in [3.8, 4) is 0 Å². The van der Waals surface area contributed by atoms with Gasteiger partial charge in [-0.2, -0.15) is 0 Å². The van der Waals surface area contributed by atoms with Crippen LogP contribution < -0.4 is 0 Å². The van der Waals surface area contributed by atoms with Crippen molar-refractivity contribution in [1.82, 2.24) is 0 Å². The molecule has 1 heteroatoms. The highest BCUT2D eigenvalue weighted by molar-refractivity contribution is 7.17. The number of allylic oxidation sites excluding steroid dienone is 6. The summed E-state index contributed by atoms with van der Waals surface area (Å²) in [6, 6.07) is 0. The minimum atomic E-state index is 0.656. The molecule has 0 saturated heterocycles. The third-order valence-electron chi connectivity index (χ3n) is 2.26. The van der Waals surface area contributed by atoms with Crippen molar-refractivity contribution in [2.45, 2.75) is 51.6 Å². The van der Waals surface area contributed by atoms with E-state index in [0.29, 0.717) is 5.66 Å². The van der Waals surface area contributed by atoms with Crippen molar-refractivity contribution < 1.29 is 0 Å². The Morgan fingerprint density at radius 1 is 0.933 bits per heavy atom. The lowest BCUT2D eigenvalue weighted by Crippen LogP contribution is -1.86. The van der Waals surface area contributed by atoms with E-state index in [9.17, 15) is 0 Å². The van der Waals surface area contributed by atoms with Crippen LogP contribution in [0.15, 0.2) is 36.5 Å². The predicted octanol–water partition coefficient (Wildman–Crippen LogP) is 4.89. The minimum Gasteiger partial charge on any atom is -0.130 e. The highest BCUT2D eigenvalue weighted by Gasteiger charge is 1.88. The van der Waals surface area contributed by atoms with Gasteiger partial charge in [-0.05, 0) is 44.7 Å². The largest absolute Gasteiger partial charge is 0.130 e. The minimum absolute atomic E-state index is 0.656. The molecule has 0 nitrogen and oxygen atoms in total. The Morgan fingerprint density at radius 3 is 2.00 bits per heavy atom. The Bertz CT molecular complexity index is 201. The van der Waals surface area contributed by atoms with Gasteiger partial charge in [-0.15, -0.1) is 9.24 Å². The molecule has 0 N–H and O–H groups in total. The summed E-state index contributed by atoms with van der Waals surface area (Å²) in [6.45, 7) is 4.28. The molecule has 0 aliphatic heterocycles. The summed E-state index contributed by atoms with van der Waals surface area (Å²) in [6.07, 6.45) is 19.4. The van der Waals surface area contributed by atoms with E-state index in [1.54, 1.807) is 0 Å². The first-order chi connectivity index (χ1) is 7.31. The lowest BCUT2D eigenvalue weighted by atomic mass is 10.2. The van der Waals surface area contributed by atoms with Crippen LogP contribution in [-0.2, 0) is 0 Å². The molecule has 0 fully saturated rings. The maximum atomic E-state index is 2.85. The molecule has 0 amide bonds. The van der Waals surface area contributed by atoms with Crippen molar-refractivity contribution in [2.24, 2.45) is 0 Å². The fourth-order valence-corrected chi connectivity index (χ4v) is 1.35. The molecule has 0 aliphatic rings. The van der Waals surface area contributed by atoms with Gasteiger partial charge in [0.1, 0.15) is 0 Å². The topological polar surface area (TPSA) is 0 Å². The van der Waals surface area contributed by atoms with Gasteiger partial charge in [0.2, 0.25) is 0 Å². The van der Waals surface area contributed by atoms with Gasteiger partial charge in [0.05, 0.1) is 0 Å². The average Bonchev–Trinajstić information content (AvgIpc) is 2.26. The van der Waals surface area contributed by atoms with Crippen LogP contribution in [0.25, 0.3) is 0 Å². The molecule has 0 heterocycles. The first kappa shape index (κ1) is 14.6. The predicted molar refractivity (Wildman–Crippen MR) is 75.4 cm³/mol. The van der Waals surface area contributed by atoms with Gasteiger partial charge in [-0.3, -0.25) is 0 Å². The van der Waals surface area contributed by atoms with E-state index in [1.807, 2.05) is 0 Å². The fourth-order valence-electron chi connectivity index (χ4n) is 1.19. The van der Waals surface area contributed by atoms with Crippen LogP contribution in [0.4, 0.5) is 0 Å². The number of unbranched alkanes of at least 4 members (excludes halogenated alkanes) is 2. The monoisotopic (exact) mass is 224 g/mol. The molecule has 0 aliphatic carbocycles. The molecular weight excluding hydrogens is 199 g/mol. The van der Waals surface area contributed by atoms with Gasteiger partial charge in [-0.1, -0.05) is 43.4 Å². The molecule has 0 saturated carbocycles. The molecule has 2 atom stereocenters. The average molecular weight is 224 g/mol. The highest BCUT2D eigenvalue weighted by Crippen LogP contribution is 2.07. The van der Waals surface area contributed by atoms with E-state index in [2.05, 4.69) is 59.5 Å². The van der Waals surface area contributed by atoms with Gasteiger partial charge >= 0.3 is 0 Å². The van der Waals surface area contributed by atoms with Crippen LogP contribution in [0.2, 0.25) is 0 Å². The van der Waals surface area contributed by atoms with Crippen molar-refractivity contribution in [3.05, 3.63) is 36.5 Å². The van der Waals surface area contributed by atoms with Crippen molar-refractivity contribution in [1.29, 1.82) is 0 Å². The SMILES string of the molecule is C/C=C\CC/C=C\CC/C=C\C(P)CC. The summed E-state index contributed by atoms with van der Waals surface area (Å²) >= 11 is 0. The van der Waals surface area contributed by atoms with E-state index in [4.69, 9.17) is 0 Å². The van der Waals surface area contributed by atoms with Gasteiger partial charge in [0.25, 0.3) is 0 Å². The van der Waals surface area contributed by atoms with Crippen LogP contribution in [0.5, 0.6) is 0 Å². The summed E-state index contributed by atoms with van der Waals surface area (Å²) in [7, 11) is 2.85. The Hall–Kier alpha value is -0.350. The third kappa shape index (κ3) is 11.6. The zero-order chi connectivity index (χ0) is 11.4. The smallest absolute Gasteiger partial charge is 0.00883 e. The zero-order valence-electron chi connectivity index (χ0n) is 10.2. The number of hydrogen-bond acceptors (Lipinski definition) is 0. The van der Waals surface area contributed by atoms with Crippen LogP contribution in [0, 0.1) is 0 Å². The molecule has 0 aromatic rings. The molecule has 0 bridgehead atoms. The van der Waals surface area contributed by atoms with Crippen molar-refractivity contribution in [2.75, 3.05) is 0 Å². The van der Waals surface area contributed by atoms with E-state index in [0.717, 1.165) is 0 Å². The number of rotatable bonds is 8. The van der Waals surface area contributed by atoms with E-state index >= 15 is 0 Å². The van der Waals surface area contributed by atoms with E-state index < -0.39 is 0 Å². The summed E-state index contributed by atoms with van der Waals surface area (Å²) in [5, 5.41) is 0. The lowest BCUT2D eigenvalue weighted by molar-refractivity contribution is 0.956. The molecule has 0 rings (SSSR count). The zero-order valence-corrected chi connectivity index (χ0v) is 11.3. The first-order valence-corrected chi connectivity index (χ1v) is 6.66. The Kier molecular flexibility index (Phi) is 11.4. The fraction of sp³-hybridized carbons (Fsp3) is 0.571. The van der Waals surface area contributed by atoms with Crippen LogP contribution >= 0.6 is 9.24 Å². The molecule has 2 unspecified atom stereocenters. The highest BCUT2D eigenvalue weighted by atomic mass is 31.0. The Balaban J connectivity index is 3.33. The maximum absolute atomic E-state index is 2.85. The van der Waals surface area contributed by atoms with Crippen LogP contribution in [0.1, 0.15) is 46.0 Å². The molecule has 0 spiro atoms. The van der Waals surface area contributed by atoms with Gasteiger partial charge < -0.3 is 0 Å². The molecule has 0 aromatic heterocycles. The van der Waals surface area contributed by atoms with Crippen LogP contribution in [-0.4, -0.2) is 5.66 Å². The molecule has 0 radical (unpaired) electrons. The second kappa shape index (κ2) is 11.7. The third-order valence-corrected chi connectivity index (χ3v) is 2.95. The Morgan fingerprint density at radius 2 is 1.47 bits per heavy atom. The normalized spacial score (nSPS) is 14.6. The molecule has 0 aromatic carbocycles. The molecular formula is C14H25P. The Labute approximate surface area is 97.7 Å². The van der Waals surface area contributed by atoms with E-state index in [1.165, 1.54) is 32.1 Å². The summed E-state index contributed by atoms with van der Waals surface area (Å²) in [5.41, 5.74) is 0.656. The molecule has 86 valence electrons. The maximum Gasteiger partial charge on any atom is -0.00883 e.